The molecule has 144 valence electrons. The summed E-state index contributed by atoms with van der Waals surface area (Å²) in [5, 5.41) is 2.93. The summed E-state index contributed by atoms with van der Waals surface area (Å²) in [5.74, 6) is 0. The number of carbonyl (C=O) groups excluding carboxylic acids is 1. The highest BCUT2D eigenvalue weighted by Crippen LogP contribution is 2.23. The summed E-state index contributed by atoms with van der Waals surface area (Å²) in [4.78, 5) is 14.5. The summed E-state index contributed by atoms with van der Waals surface area (Å²) in [5.41, 5.74) is 3.00. The van der Waals surface area contributed by atoms with Gasteiger partial charge in [0, 0.05) is 25.7 Å². The van der Waals surface area contributed by atoms with E-state index in [4.69, 9.17) is 0 Å². The summed E-state index contributed by atoms with van der Waals surface area (Å²) in [7, 11) is -3.55. The lowest BCUT2D eigenvalue weighted by Gasteiger charge is -2.29. The molecule has 1 heterocycles. The summed E-state index contributed by atoms with van der Waals surface area (Å²) < 4.78 is 27.4. The van der Waals surface area contributed by atoms with Crippen molar-refractivity contribution in [3.63, 3.8) is 0 Å². The smallest absolute Gasteiger partial charge is 0.317 e. The van der Waals surface area contributed by atoms with Crippen LogP contribution < -0.4 is 10.0 Å². The van der Waals surface area contributed by atoms with Crippen LogP contribution >= 0.6 is 0 Å². The SMILES string of the molecule is CC(C)NS(=O)(=O)c1ccc2c(c1)CN(C(=O)NCc1ccccc1)CC2. The second kappa shape index (κ2) is 8.10. The first-order valence-electron chi connectivity index (χ1n) is 9.06. The number of rotatable bonds is 5. The molecule has 1 aliphatic rings. The van der Waals surface area contributed by atoms with Gasteiger partial charge < -0.3 is 10.2 Å². The molecule has 0 unspecified atom stereocenters. The van der Waals surface area contributed by atoms with Gasteiger partial charge in [0.05, 0.1) is 4.90 Å². The van der Waals surface area contributed by atoms with Gasteiger partial charge in [-0.25, -0.2) is 17.9 Å². The second-order valence-electron chi connectivity index (χ2n) is 7.02. The van der Waals surface area contributed by atoms with Crippen LogP contribution in [0.2, 0.25) is 0 Å². The van der Waals surface area contributed by atoms with Crippen LogP contribution in [-0.4, -0.2) is 31.9 Å². The molecule has 0 aromatic heterocycles. The van der Waals surface area contributed by atoms with E-state index in [1.807, 2.05) is 36.4 Å². The fraction of sp³-hybridized carbons (Fsp3) is 0.350. The van der Waals surface area contributed by atoms with E-state index in [1.54, 1.807) is 30.9 Å². The number of urea groups is 1. The van der Waals surface area contributed by atoms with Gasteiger partial charge in [0.15, 0.2) is 0 Å². The number of nitrogens with zero attached hydrogens (tertiary/aromatic N) is 1. The molecule has 6 nitrogen and oxygen atoms in total. The Labute approximate surface area is 160 Å². The van der Waals surface area contributed by atoms with E-state index in [0.29, 0.717) is 26.1 Å². The zero-order valence-corrected chi connectivity index (χ0v) is 16.4. The summed E-state index contributed by atoms with van der Waals surface area (Å²) in [6, 6.07) is 14.6. The number of hydrogen-bond acceptors (Lipinski definition) is 3. The molecule has 0 aliphatic carbocycles. The summed E-state index contributed by atoms with van der Waals surface area (Å²) in [6.07, 6.45) is 0.714. The van der Waals surface area contributed by atoms with Crippen LogP contribution in [0.3, 0.4) is 0 Å². The minimum absolute atomic E-state index is 0.141. The second-order valence-corrected chi connectivity index (χ2v) is 8.74. The van der Waals surface area contributed by atoms with Crippen molar-refractivity contribution in [3.05, 3.63) is 65.2 Å². The Morgan fingerprint density at radius 3 is 2.56 bits per heavy atom. The van der Waals surface area contributed by atoms with Gasteiger partial charge in [0.25, 0.3) is 0 Å². The minimum Gasteiger partial charge on any atom is -0.334 e. The molecular formula is C20H25N3O3S. The average Bonchev–Trinajstić information content (AvgIpc) is 2.65. The number of hydrogen-bond donors (Lipinski definition) is 2. The number of sulfonamides is 1. The van der Waals surface area contributed by atoms with Crippen LogP contribution in [0.25, 0.3) is 0 Å². The average molecular weight is 388 g/mol. The maximum Gasteiger partial charge on any atom is 0.317 e. The lowest BCUT2D eigenvalue weighted by molar-refractivity contribution is 0.192. The Morgan fingerprint density at radius 2 is 1.85 bits per heavy atom. The summed E-state index contributed by atoms with van der Waals surface area (Å²) >= 11 is 0. The third kappa shape index (κ3) is 4.87. The van der Waals surface area contributed by atoms with Crippen molar-refractivity contribution in [2.45, 2.75) is 44.3 Å². The zero-order valence-electron chi connectivity index (χ0n) is 15.6. The molecule has 0 bridgehead atoms. The molecule has 2 N–H and O–H groups in total. The summed E-state index contributed by atoms with van der Waals surface area (Å²) in [6.45, 7) is 5.06. The first-order valence-corrected chi connectivity index (χ1v) is 10.5. The van der Waals surface area contributed by atoms with Crippen molar-refractivity contribution in [2.75, 3.05) is 6.54 Å². The van der Waals surface area contributed by atoms with Gasteiger partial charge in [0.2, 0.25) is 10.0 Å². The number of carbonyl (C=O) groups is 1. The van der Waals surface area contributed by atoms with Gasteiger partial charge in [-0.2, -0.15) is 0 Å². The molecule has 0 spiro atoms. The van der Waals surface area contributed by atoms with Crippen molar-refractivity contribution in [3.8, 4) is 0 Å². The molecule has 1 aliphatic heterocycles. The number of amides is 2. The molecule has 2 aromatic rings. The van der Waals surface area contributed by atoms with E-state index in [9.17, 15) is 13.2 Å². The fourth-order valence-corrected chi connectivity index (χ4v) is 4.44. The van der Waals surface area contributed by atoms with Crippen molar-refractivity contribution < 1.29 is 13.2 Å². The number of fused-ring (bicyclic) bond motifs is 1. The molecule has 2 aromatic carbocycles. The van der Waals surface area contributed by atoms with Gasteiger partial charge in [0.1, 0.15) is 0 Å². The van der Waals surface area contributed by atoms with Crippen LogP contribution in [-0.2, 0) is 29.5 Å². The van der Waals surface area contributed by atoms with Crippen LogP contribution in [0.15, 0.2) is 53.4 Å². The normalized spacial score (nSPS) is 14.1. The van der Waals surface area contributed by atoms with Crippen LogP contribution in [0.5, 0.6) is 0 Å². The minimum atomic E-state index is -3.55. The van der Waals surface area contributed by atoms with Gasteiger partial charge in [-0.1, -0.05) is 36.4 Å². The fourth-order valence-electron chi connectivity index (χ4n) is 3.14. The maximum absolute atomic E-state index is 12.5. The molecule has 0 saturated heterocycles. The Kier molecular flexibility index (Phi) is 5.82. The van der Waals surface area contributed by atoms with Crippen LogP contribution in [0, 0.1) is 0 Å². The zero-order chi connectivity index (χ0) is 19.4. The van der Waals surface area contributed by atoms with Gasteiger partial charge in [-0.15, -0.1) is 0 Å². The molecule has 27 heavy (non-hydrogen) atoms. The van der Waals surface area contributed by atoms with E-state index in [2.05, 4.69) is 10.0 Å². The quantitative estimate of drug-likeness (QED) is 0.828. The Bertz CT molecular complexity index is 911. The van der Waals surface area contributed by atoms with Crippen molar-refractivity contribution in [1.29, 1.82) is 0 Å². The molecule has 2 amide bonds. The highest BCUT2D eigenvalue weighted by molar-refractivity contribution is 7.89. The van der Waals surface area contributed by atoms with Crippen molar-refractivity contribution >= 4 is 16.1 Å². The molecule has 3 rings (SSSR count). The lowest BCUT2D eigenvalue weighted by Crippen LogP contribution is -2.42. The Morgan fingerprint density at radius 1 is 1.11 bits per heavy atom. The molecular weight excluding hydrogens is 362 g/mol. The van der Waals surface area contributed by atoms with Gasteiger partial charge in [-0.3, -0.25) is 0 Å². The van der Waals surface area contributed by atoms with Crippen LogP contribution in [0.4, 0.5) is 4.79 Å². The van der Waals surface area contributed by atoms with E-state index >= 15 is 0 Å². The first kappa shape index (κ1) is 19.4. The molecule has 0 saturated carbocycles. The van der Waals surface area contributed by atoms with Crippen molar-refractivity contribution in [1.82, 2.24) is 14.9 Å². The highest BCUT2D eigenvalue weighted by atomic mass is 32.2. The molecule has 0 atom stereocenters. The lowest BCUT2D eigenvalue weighted by atomic mass is 10.0. The predicted molar refractivity (Wildman–Crippen MR) is 105 cm³/mol. The maximum atomic E-state index is 12.5. The van der Waals surface area contributed by atoms with E-state index in [1.165, 1.54) is 0 Å². The standard InChI is InChI=1S/C20H25N3O3S/c1-15(2)22-27(25,26)19-9-8-17-10-11-23(14-18(17)12-19)20(24)21-13-16-6-4-3-5-7-16/h3-9,12,15,22H,10-11,13-14H2,1-2H3,(H,21,24). The van der Waals surface area contributed by atoms with Crippen molar-refractivity contribution in [2.24, 2.45) is 0 Å². The molecule has 0 radical (unpaired) electrons. The Hall–Kier alpha value is -2.38. The predicted octanol–water partition coefficient (Wildman–Crippen LogP) is 2.64. The van der Waals surface area contributed by atoms with Gasteiger partial charge in [-0.05, 0) is 49.1 Å². The Balaban J connectivity index is 1.69. The largest absolute Gasteiger partial charge is 0.334 e. The number of benzene rings is 2. The van der Waals surface area contributed by atoms with E-state index in [0.717, 1.165) is 16.7 Å². The van der Waals surface area contributed by atoms with Gasteiger partial charge >= 0.3 is 6.03 Å². The van der Waals surface area contributed by atoms with E-state index < -0.39 is 10.0 Å². The topological polar surface area (TPSA) is 78.5 Å². The molecule has 0 fully saturated rings. The third-order valence-electron chi connectivity index (χ3n) is 4.46. The van der Waals surface area contributed by atoms with E-state index in [-0.39, 0.29) is 17.0 Å². The first-order chi connectivity index (χ1) is 12.8. The molecule has 7 heteroatoms. The third-order valence-corrected chi connectivity index (χ3v) is 6.12. The monoisotopic (exact) mass is 387 g/mol. The highest BCUT2D eigenvalue weighted by Gasteiger charge is 2.23. The number of nitrogens with one attached hydrogen (secondary N) is 2. The van der Waals surface area contributed by atoms with Crippen LogP contribution in [0.1, 0.15) is 30.5 Å².